The number of aliphatic hydroxyl groups excluding tert-OH is 1. The maximum absolute atomic E-state index is 11.9. The lowest BCUT2D eigenvalue weighted by Crippen LogP contribution is -2.35. The molecule has 1 fully saturated rings. The first-order chi connectivity index (χ1) is 8.97. The predicted molar refractivity (Wildman–Crippen MR) is 69.5 cm³/mol. The maximum Gasteiger partial charge on any atom is 0.337 e. The van der Waals surface area contributed by atoms with E-state index in [9.17, 15) is 14.7 Å². The van der Waals surface area contributed by atoms with Gasteiger partial charge in [-0.1, -0.05) is 11.6 Å². The van der Waals surface area contributed by atoms with Gasteiger partial charge in [-0.05, 0) is 24.6 Å². The van der Waals surface area contributed by atoms with Gasteiger partial charge in [0, 0.05) is 11.6 Å². The average Bonchev–Trinajstić information content (AvgIpc) is 2.78. The number of nitrogens with one attached hydrogen (secondary N) is 2. The maximum atomic E-state index is 11.9. The Kier molecular flexibility index (Phi) is 4.04. The van der Waals surface area contributed by atoms with Crippen molar-refractivity contribution < 1.29 is 19.8 Å². The second-order valence-corrected chi connectivity index (χ2v) is 4.77. The van der Waals surface area contributed by atoms with Crippen LogP contribution in [0.15, 0.2) is 18.2 Å². The molecule has 7 heteroatoms. The van der Waals surface area contributed by atoms with Gasteiger partial charge in [0.05, 0.1) is 23.4 Å². The largest absolute Gasteiger partial charge is 0.478 e. The van der Waals surface area contributed by atoms with Crippen LogP contribution in [0.1, 0.15) is 16.8 Å². The number of aliphatic hydroxyl groups is 1. The van der Waals surface area contributed by atoms with Crippen molar-refractivity contribution in [1.82, 2.24) is 5.32 Å². The number of carbonyl (C=O) groups is 2. The van der Waals surface area contributed by atoms with Crippen LogP contribution < -0.4 is 10.6 Å². The fourth-order valence-electron chi connectivity index (χ4n) is 1.94. The lowest BCUT2D eigenvalue weighted by molar-refractivity contribution is -0.117. The van der Waals surface area contributed by atoms with Gasteiger partial charge in [0.15, 0.2) is 0 Å². The number of rotatable bonds is 3. The lowest BCUT2D eigenvalue weighted by Gasteiger charge is -2.13. The molecule has 102 valence electrons. The van der Waals surface area contributed by atoms with E-state index in [0.717, 1.165) is 0 Å². The van der Waals surface area contributed by atoms with E-state index >= 15 is 0 Å². The standard InChI is InChI=1S/C12H13ClN2O4/c13-6-1-2-9(8(3-6)12(18)19)15-11(17)10-4-7(16)5-14-10/h1-3,7,10,14,16H,4-5H2,(H,15,17)(H,18,19). The Morgan fingerprint density at radius 2 is 2.16 bits per heavy atom. The summed E-state index contributed by atoms with van der Waals surface area (Å²) in [4.78, 5) is 23.0. The summed E-state index contributed by atoms with van der Waals surface area (Å²) < 4.78 is 0. The number of carboxylic acids is 1. The summed E-state index contributed by atoms with van der Waals surface area (Å²) in [6.07, 6.45) is -0.248. The number of aromatic carboxylic acids is 1. The number of benzene rings is 1. The van der Waals surface area contributed by atoms with Crippen molar-refractivity contribution in [2.75, 3.05) is 11.9 Å². The molecule has 6 nitrogen and oxygen atoms in total. The van der Waals surface area contributed by atoms with Crippen molar-refractivity contribution in [2.45, 2.75) is 18.6 Å². The van der Waals surface area contributed by atoms with Gasteiger partial charge < -0.3 is 20.8 Å². The van der Waals surface area contributed by atoms with Gasteiger partial charge in [0.1, 0.15) is 0 Å². The van der Waals surface area contributed by atoms with Gasteiger partial charge in [0.2, 0.25) is 5.91 Å². The highest BCUT2D eigenvalue weighted by molar-refractivity contribution is 6.31. The summed E-state index contributed by atoms with van der Waals surface area (Å²) in [5.41, 5.74) is 0.115. The average molecular weight is 285 g/mol. The highest BCUT2D eigenvalue weighted by Crippen LogP contribution is 2.21. The second kappa shape index (κ2) is 5.56. The van der Waals surface area contributed by atoms with Crippen LogP contribution in [0.4, 0.5) is 5.69 Å². The lowest BCUT2D eigenvalue weighted by atomic mass is 10.1. The molecule has 1 heterocycles. The van der Waals surface area contributed by atoms with E-state index in [-0.39, 0.29) is 22.2 Å². The highest BCUT2D eigenvalue weighted by Gasteiger charge is 2.28. The smallest absolute Gasteiger partial charge is 0.337 e. The molecule has 1 aromatic carbocycles. The normalized spacial score (nSPS) is 22.2. The van der Waals surface area contributed by atoms with Crippen LogP contribution in [0, 0.1) is 0 Å². The van der Waals surface area contributed by atoms with Crippen molar-refractivity contribution in [3.8, 4) is 0 Å². The second-order valence-electron chi connectivity index (χ2n) is 4.33. The Balaban J connectivity index is 2.14. The summed E-state index contributed by atoms with van der Waals surface area (Å²) >= 11 is 5.72. The molecule has 2 rings (SSSR count). The molecule has 0 saturated carbocycles. The predicted octanol–water partition coefficient (Wildman–Crippen LogP) is 0.699. The molecule has 2 unspecified atom stereocenters. The number of β-amino-alcohol motifs (C(OH)–C–C–N with tert-alkyl or cyclic N) is 1. The molecule has 1 aliphatic rings. The van der Waals surface area contributed by atoms with Gasteiger partial charge >= 0.3 is 5.97 Å². The van der Waals surface area contributed by atoms with Crippen molar-refractivity contribution >= 4 is 29.2 Å². The number of carbonyl (C=O) groups excluding carboxylic acids is 1. The number of amides is 1. The van der Waals surface area contributed by atoms with Gasteiger partial charge in [-0.2, -0.15) is 0 Å². The van der Waals surface area contributed by atoms with E-state index in [4.69, 9.17) is 16.7 Å². The van der Waals surface area contributed by atoms with E-state index in [1.165, 1.54) is 18.2 Å². The molecule has 0 bridgehead atoms. The molecule has 0 spiro atoms. The Hall–Kier alpha value is -1.63. The van der Waals surface area contributed by atoms with Gasteiger partial charge in [-0.25, -0.2) is 4.79 Å². The van der Waals surface area contributed by atoms with Crippen molar-refractivity contribution in [2.24, 2.45) is 0 Å². The van der Waals surface area contributed by atoms with Crippen LogP contribution in [-0.4, -0.2) is 40.8 Å². The third-order valence-corrected chi connectivity index (χ3v) is 3.13. The highest BCUT2D eigenvalue weighted by atomic mass is 35.5. The van der Waals surface area contributed by atoms with Gasteiger partial charge in [0.25, 0.3) is 0 Å². The summed E-state index contributed by atoms with van der Waals surface area (Å²) in [6, 6.07) is 3.69. The van der Waals surface area contributed by atoms with E-state index in [2.05, 4.69) is 10.6 Å². The number of hydrogen-bond acceptors (Lipinski definition) is 4. The SMILES string of the molecule is O=C(O)c1cc(Cl)ccc1NC(=O)C1CC(O)CN1. The minimum Gasteiger partial charge on any atom is -0.478 e. The first-order valence-corrected chi connectivity index (χ1v) is 6.10. The fraction of sp³-hybridized carbons (Fsp3) is 0.333. The van der Waals surface area contributed by atoms with Crippen molar-refractivity contribution in [3.63, 3.8) is 0 Å². The van der Waals surface area contributed by atoms with Crippen LogP contribution >= 0.6 is 11.6 Å². The minimum atomic E-state index is -1.17. The first kappa shape index (κ1) is 13.8. The number of carboxylic acid groups (broad SMARTS) is 1. The Labute approximate surface area is 114 Å². The molecule has 0 aliphatic carbocycles. The van der Waals surface area contributed by atoms with Crippen LogP contribution in [0.2, 0.25) is 5.02 Å². The summed E-state index contributed by atoms with van der Waals surface area (Å²) in [7, 11) is 0. The van der Waals surface area contributed by atoms with Gasteiger partial charge in [-0.3, -0.25) is 4.79 Å². The molecule has 1 amide bonds. The molecule has 1 saturated heterocycles. The van der Waals surface area contributed by atoms with Gasteiger partial charge in [-0.15, -0.1) is 0 Å². The third kappa shape index (κ3) is 3.23. The number of halogens is 1. The van der Waals surface area contributed by atoms with Crippen molar-refractivity contribution in [3.05, 3.63) is 28.8 Å². The van der Waals surface area contributed by atoms with Crippen LogP contribution in [-0.2, 0) is 4.79 Å². The first-order valence-electron chi connectivity index (χ1n) is 5.72. The van der Waals surface area contributed by atoms with Crippen LogP contribution in [0.3, 0.4) is 0 Å². The van der Waals surface area contributed by atoms with E-state index in [0.29, 0.717) is 13.0 Å². The molecular formula is C12H13ClN2O4. The Bertz CT molecular complexity index is 520. The monoisotopic (exact) mass is 284 g/mol. The van der Waals surface area contributed by atoms with Crippen molar-refractivity contribution in [1.29, 1.82) is 0 Å². The van der Waals surface area contributed by atoms with Crippen LogP contribution in [0.5, 0.6) is 0 Å². The zero-order chi connectivity index (χ0) is 14.0. The fourth-order valence-corrected chi connectivity index (χ4v) is 2.11. The number of anilines is 1. The topological polar surface area (TPSA) is 98.7 Å². The zero-order valence-electron chi connectivity index (χ0n) is 9.89. The summed E-state index contributed by atoms with van der Waals surface area (Å²) in [6.45, 7) is 0.352. The van der Waals surface area contributed by atoms with E-state index in [1.54, 1.807) is 0 Å². The van der Waals surface area contributed by atoms with E-state index < -0.39 is 18.1 Å². The summed E-state index contributed by atoms with van der Waals surface area (Å²) in [5.74, 6) is -1.54. The molecule has 0 aromatic heterocycles. The molecule has 0 radical (unpaired) electrons. The quantitative estimate of drug-likeness (QED) is 0.655. The zero-order valence-corrected chi connectivity index (χ0v) is 10.6. The molecule has 1 aliphatic heterocycles. The Morgan fingerprint density at radius 3 is 2.74 bits per heavy atom. The third-order valence-electron chi connectivity index (χ3n) is 2.89. The molecule has 19 heavy (non-hydrogen) atoms. The minimum absolute atomic E-state index is 0.0700. The molecular weight excluding hydrogens is 272 g/mol. The van der Waals surface area contributed by atoms with E-state index in [1.807, 2.05) is 0 Å². The Morgan fingerprint density at radius 1 is 1.42 bits per heavy atom. The molecule has 1 aromatic rings. The molecule has 2 atom stereocenters. The number of hydrogen-bond donors (Lipinski definition) is 4. The molecule has 4 N–H and O–H groups in total. The summed E-state index contributed by atoms with van der Waals surface area (Å²) in [5, 5.41) is 24.0. The van der Waals surface area contributed by atoms with Crippen LogP contribution in [0.25, 0.3) is 0 Å².